The van der Waals surface area contributed by atoms with Gasteiger partial charge in [0.05, 0.1) is 21.2 Å². The van der Waals surface area contributed by atoms with Crippen LogP contribution in [0.25, 0.3) is 0 Å². The van der Waals surface area contributed by atoms with Gasteiger partial charge in [0.25, 0.3) is 15.9 Å². The van der Waals surface area contributed by atoms with Gasteiger partial charge >= 0.3 is 5.97 Å². The van der Waals surface area contributed by atoms with E-state index in [0.29, 0.717) is 29.5 Å². The summed E-state index contributed by atoms with van der Waals surface area (Å²) in [6.07, 6.45) is 0. The van der Waals surface area contributed by atoms with Crippen LogP contribution in [0.5, 0.6) is 0 Å². The topological polar surface area (TPSA) is 121 Å². The summed E-state index contributed by atoms with van der Waals surface area (Å²) >= 11 is 12.7. The van der Waals surface area contributed by atoms with E-state index in [2.05, 4.69) is 4.90 Å². The summed E-state index contributed by atoms with van der Waals surface area (Å²) in [4.78, 5) is 27.9. The molecule has 0 saturated carbocycles. The first-order valence-electron chi connectivity index (χ1n) is 13.5. The molecule has 1 amide bonds. The number of rotatable bonds is 8. The standard InChI is InChI=1S/C29H29Cl2N3O7S2/c1-19(2)21-9-6-10-23-25(21)28(35)34(43(23,39)40)18-41-29(36)26-22(30)11-12-24(27(26)31)42(37,38)33-15-13-32(14-16-33)17-20-7-4-3-5-8-20/h3-12,19H,13-18H2,1-2H3. The number of hydrogen-bond acceptors (Lipinski definition) is 8. The highest BCUT2D eigenvalue weighted by atomic mass is 35.5. The average Bonchev–Trinajstić information content (AvgIpc) is 3.16. The molecule has 0 aromatic heterocycles. The van der Waals surface area contributed by atoms with Gasteiger partial charge in [0, 0.05) is 32.7 Å². The van der Waals surface area contributed by atoms with Crippen LogP contribution in [0.1, 0.15) is 51.6 Å². The Hall–Kier alpha value is -3.00. The summed E-state index contributed by atoms with van der Waals surface area (Å²) in [7, 11) is -8.41. The van der Waals surface area contributed by atoms with E-state index in [1.54, 1.807) is 12.1 Å². The Bertz CT molecular complexity index is 1790. The Labute approximate surface area is 260 Å². The fourth-order valence-corrected chi connectivity index (χ4v) is 8.93. The summed E-state index contributed by atoms with van der Waals surface area (Å²) < 4.78 is 60.3. The molecule has 14 heteroatoms. The Morgan fingerprint density at radius 1 is 0.953 bits per heavy atom. The molecule has 1 saturated heterocycles. The van der Waals surface area contributed by atoms with Crippen LogP contribution in [0.15, 0.2) is 70.5 Å². The maximum atomic E-state index is 13.6. The van der Waals surface area contributed by atoms with Crippen molar-refractivity contribution in [1.29, 1.82) is 0 Å². The van der Waals surface area contributed by atoms with E-state index >= 15 is 0 Å². The molecule has 43 heavy (non-hydrogen) atoms. The highest BCUT2D eigenvalue weighted by molar-refractivity contribution is 7.90. The molecule has 0 N–H and O–H groups in total. The predicted octanol–water partition coefficient (Wildman–Crippen LogP) is 4.58. The van der Waals surface area contributed by atoms with Gasteiger partial charge in [0.2, 0.25) is 10.0 Å². The second-order valence-electron chi connectivity index (χ2n) is 10.5. The number of nitrogens with zero attached hydrogens (tertiary/aromatic N) is 3. The molecule has 1 fully saturated rings. The van der Waals surface area contributed by atoms with Crippen molar-refractivity contribution in [2.75, 3.05) is 32.9 Å². The lowest BCUT2D eigenvalue weighted by molar-refractivity contribution is 0.0358. The molecule has 228 valence electrons. The van der Waals surface area contributed by atoms with Gasteiger partial charge < -0.3 is 4.74 Å². The minimum Gasteiger partial charge on any atom is -0.439 e. The van der Waals surface area contributed by atoms with E-state index in [0.717, 1.165) is 5.56 Å². The molecule has 0 bridgehead atoms. The van der Waals surface area contributed by atoms with Crippen molar-refractivity contribution in [1.82, 2.24) is 13.5 Å². The molecule has 0 radical (unpaired) electrons. The van der Waals surface area contributed by atoms with Gasteiger partial charge in [-0.2, -0.15) is 8.61 Å². The van der Waals surface area contributed by atoms with Crippen molar-refractivity contribution < 1.29 is 31.2 Å². The van der Waals surface area contributed by atoms with Crippen molar-refractivity contribution in [3.8, 4) is 0 Å². The highest BCUT2D eigenvalue weighted by Crippen LogP contribution is 2.37. The number of halogens is 2. The van der Waals surface area contributed by atoms with Crippen LogP contribution in [0.4, 0.5) is 0 Å². The molecule has 0 spiro atoms. The van der Waals surface area contributed by atoms with E-state index in [1.807, 2.05) is 44.2 Å². The quantitative estimate of drug-likeness (QED) is 0.321. The number of ether oxygens (including phenoxy) is 1. The molecule has 0 unspecified atom stereocenters. The minimum absolute atomic E-state index is 0.0292. The molecule has 5 rings (SSSR count). The van der Waals surface area contributed by atoms with Crippen LogP contribution in [-0.4, -0.2) is 75.1 Å². The van der Waals surface area contributed by atoms with Gasteiger partial charge in [-0.1, -0.05) is 79.5 Å². The lowest BCUT2D eigenvalue weighted by Gasteiger charge is -2.34. The van der Waals surface area contributed by atoms with Crippen LogP contribution in [0.3, 0.4) is 0 Å². The summed E-state index contributed by atoms with van der Waals surface area (Å²) in [5.41, 5.74) is 1.25. The number of esters is 1. The van der Waals surface area contributed by atoms with Crippen LogP contribution < -0.4 is 0 Å². The first-order chi connectivity index (χ1) is 20.3. The number of fused-ring (bicyclic) bond motifs is 1. The molecule has 2 aliphatic rings. The zero-order valence-corrected chi connectivity index (χ0v) is 26.5. The van der Waals surface area contributed by atoms with E-state index in [9.17, 15) is 26.4 Å². The normalized spacial score (nSPS) is 17.3. The third-order valence-corrected chi connectivity index (χ3v) is 12.0. The second kappa shape index (κ2) is 12.2. The third kappa shape index (κ3) is 5.92. The minimum atomic E-state index is -4.29. The zero-order valence-electron chi connectivity index (χ0n) is 23.4. The van der Waals surface area contributed by atoms with Crippen molar-refractivity contribution in [3.05, 3.63) is 93.0 Å². The second-order valence-corrected chi connectivity index (χ2v) is 15.0. The van der Waals surface area contributed by atoms with Gasteiger partial charge in [0.15, 0.2) is 6.73 Å². The number of sulfonamides is 2. The smallest absolute Gasteiger partial charge is 0.342 e. The summed E-state index contributed by atoms with van der Waals surface area (Å²) in [5, 5.41) is -0.646. The Morgan fingerprint density at radius 3 is 2.28 bits per heavy atom. The Balaban J connectivity index is 1.32. The first-order valence-corrected chi connectivity index (χ1v) is 17.1. The van der Waals surface area contributed by atoms with Crippen LogP contribution in [0.2, 0.25) is 10.0 Å². The van der Waals surface area contributed by atoms with Crippen molar-refractivity contribution in [2.24, 2.45) is 0 Å². The lowest BCUT2D eigenvalue weighted by Crippen LogP contribution is -2.48. The Kier molecular flexibility index (Phi) is 8.90. The lowest BCUT2D eigenvalue weighted by atomic mass is 9.97. The van der Waals surface area contributed by atoms with Gasteiger partial charge in [-0.25, -0.2) is 21.6 Å². The average molecular weight is 667 g/mol. The largest absolute Gasteiger partial charge is 0.439 e. The molecule has 3 aromatic carbocycles. The SMILES string of the molecule is CC(C)c1cccc2c1C(=O)N(COC(=O)c1c(Cl)ccc(S(=O)(=O)N3CCN(Cc4ccccc4)CC3)c1Cl)S2(=O)=O. The summed E-state index contributed by atoms with van der Waals surface area (Å²) in [6.45, 7) is 4.80. The van der Waals surface area contributed by atoms with Gasteiger partial charge in [0.1, 0.15) is 9.79 Å². The van der Waals surface area contributed by atoms with Crippen LogP contribution in [-0.2, 0) is 31.3 Å². The predicted molar refractivity (Wildman–Crippen MR) is 161 cm³/mol. The Morgan fingerprint density at radius 2 is 1.63 bits per heavy atom. The highest BCUT2D eigenvalue weighted by Gasteiger charge is 2.44. The monoisotopic (exact) mass is 665 g/mol. The third-order valence-electron chi connectivity index (χ3n) is 7.46. The van der Waals surface area contributed by atoms with E-state index < -0.39 is 49.2 Å². The maximum absolute atomic E-state index is 13.6. The van der Waals surface area contributed by atoms with E-state index in [1.165, 1.54) is 22.5 Å². The van der Waals surface area contributed by atoms with Crippen molar-refractivity contribution >= 4 is 55.1 Å². The van der Waals surface area contributed by atoms with Gasteiger partial charge in [-0.3, -0.25) is 9.69 Å². The number of hydrogen-bond donors (Lipinski definition) is 0. The van der Waals surface area contributed by atoms with E-state index in [-0.39, 0.29) is 39.4 Å². The number of amides is 1. The summed E-state index contributed by atoms with van der Waals surface area (Å²) in [6, 6.07) is 16.8. The van der Waals surface area contributed by atoms with Crippen molar-refractivity contribution in [3.63, 3.8) is 0 Å². The molecule has 0 atom stereocenters. The van der Waals surface area contributed by atoms with Gasteiger partial charge in [-0.15, -0.1) is 0 Å². The van der Waals surface area contributed by atoms with Crippen LogP contribution in [0, 0.1) is 0 Å². The number of benzene rings is 3. The molecular formula is C29H29Cl2N3O7S2. The fraction of sp³-hybridized carbons (Fsp3) is 0.310. The number of piperazine rings is 1. The first kappa shape index (κ1) is 31.4. The molecule has 2 heterocycles. The molecular weight excluding hydrogens is 637 g/mol. The number of carbonyl (C=O) groups is 2. The zero-order chi connectivity index (χ0) is 31.1. The molecule has 2 aliphatic heterocycles. The van der Waals surface area contributed by atoms with Crippen LogP contribution >= 0.6 is 23.2 Å². The number of carbonyl (C=O) groups excluding carboxylic acids is 2. The van der Waals surface area contributed by atoms with E-state index in [4.69, 9.17) is 27.9 Å². The molecule has 10 nitrogen and oxygen atoms in total. The molecule has 0 aliphatic carbocycles. The maximum Gasteiger partial charge on any atom is 0.342 e. The summed E-state index contributed by atoms with van der Waals surface area (Å²) in [5.74, 6) is -2.14. The fourth-order valence-electron chi connectivity index (χ4n) is 5.17. The van der Waals surface area contributed by atoms with Crippen molar-refractivity contribution in [2.45, 2.75) is 36.1 Å². The molecule has 3 aromatic rings. The van der Waals surface area contributed by atoms with Gasteiger partial charge in [-0.05, 0) is 35.2 Å².